The molecule has 0 aromatic rings. The van der Waals surface area contributed by atoms with Gasteiger partial charge in [-0.2, -0.15) is 11.8 Å². The highest BCUT2D eigenvalue weighted by Gasteiger charge is 2.42. The summed E-state index contributed by atoms with van der Waals surface area (Å²) in [5, 5.41) is 40.3. The SMILES string of the molecule is CC[C@H](C)[C@H](NC(=O)[C@H](CCCCN)NC(=O)[C@H](CCCN=C(N)N)NC(=O)[C@@H]1CCCN1C(=O)[C@H](CCCCN)NC(=O)[C@@H](NC(=O)[C@H](CCCN=C(N)N)NC(=O)[C@H](CCCN=C(N)N)NC(=O)[C@@H]1CCCN1)[C@@H](C)CC)C(=O)N[C@@H](CCSC)C(=O)N[C@@H](CC(C)C)C(=O)N[C@@H](CCC(N)=O)C(=O)O. The van der Waals surface area contributed by atoms with Gasteiger partial charge in [-0.05, 0) is 171 Å². The predicted octanol–water partition coefficient (Wildman–Crippen LogP) is -4.76. The number of nitrogens with one attached hydrogen (secondary N) is 11. The molecule has 0 bridgehead atoms. The Morgan fingerprint density at radius 3 is 1.27 bits per heavy atom. The minimum absolute atomic E-state index is 0.00666. The van der Waals surface area contributed by atoms with Crippen LogP contribution in [-0.4, -0.2) is 235 Å². The number of nitrogens with two attached hydrogens (primary N) is 9. The summed E-state index contributed by atoms with van der Waals surface area (Å²) < 4.78 is 0. The number of aliphatic carboxylic acids is 1. The maximum absolute atomic E-state index is 15.0. The smallest absolute Gasteiger partial charge is 0.326 e. The highest BCUT2D eigenvalue weighted by Crippen LogP contribution is 2.23. The summed E-state index contributed by atoms with van der Waals surface area (Å²) in [5.41, 5.74) is 50.6. The van der Waals surface area contributed by atoms with Crippen LogP contribution >= 0.6 is 11.8 Å². The number of carboxylic acids is 1. The molecule has 38 nitrogen and oxygen atoms in total. The van der Waals surface area contributed by atoms with Crippen molar-refractivity contribution in [1.82, 2.24) is 63.4 Å². The van der Waals surface area contributed by atoms with Gasteiger partial charge < -0.3 is 120 Å². The van der Waals surface area contributed by atoms with Crippen LogP contribution in [0.4, 0.5) is 0 Å². The van der Waals surface area contributed by atoms with Crippen LogP contribution in [-0.2, 0) is 62.3 Å². The van der Waals surface area contributed by atoms with E-state index < -0.39 is 161 Å². The number of likely N-dealkylation sites (tertiary alicyclic amines) is 1. The second-order valence-corrected chi connectivity index (χ2v) is 28.7. The molecular weight excluding hydrogens is 1410 g/mol. The molecule has 107 heavy (non-hydrogen) atoms. The van der Waals surface area contributed by atoms with E-state index in [2.05, 4.69) is 73.5 Å². The summed E-state index contributed by atoms with van der Waals surface area (Å²) in [7, 11) is 0. The van der Waals surface area contributed by atoms with Crippen molar-refractivity contribution in [3.05, 3.63) is 0 Å². The Kier molecular flexibility index (Phi) is 45.3. The van der Waals surface area contributed by atoms with Gasteiger partial charge in [-0.3, -0.25) is 72.5 Å². The number of hydrogen-bond acceptors (Lipinski definition) is 20. The maximum Gasteiger partial charge on any atom is 0.326 e. The lowest BCUT2D eigenvalue weighted by Gasteiger charge is -2.32. The van der Waals surface area contributed by atoms with Gasteiger partial charge in [0.1, 0.15) is 66.5 Å². The van der Waals surface area contributed by atoms with Gasteiger partial charge in [-0.25, -0.2) is 4.79 Å². The largest absolute Gasteiger partial charge is 0.480 e. The average Bonchev–Trinajstić information content (AvgIpc) is 1.76. The third-order valence-corrected chi connectivity index (χ3v) is 19.2. The Labute approximate surface area is 632 Å². The van der Waals surface area contributed by atoms with Crippen LogP contribution in [0, 0.1) is 17.8 Å². The molecule has 14 atom stereocenters. The molecule has 2 aliphatic rings. The number of amides is 12. The normalized spacial score (nSPS) is 17.3. The Bertz CT molecular complexity index is 2970. The summed E-state index contributed by atoms with van der Waals surface area (Å²) >= 11 is 1.37. The Hall–Kier alpha value is -8.85. The fourth-order valence-electron chi connectivity index (χ4n) is 12.1. The lowest BCUT2D eigenvalue weighted by molar-refractivity contribution is -0.143. The summed E-state index contributed by atoms with van der Waals surface area (Å²) in [6.07, 6.45) is 5.89. The minimum atomic E-state index is -1.50. The molecule has 0 saturated carbocycles. The van der Waals surface area contributed by atoms with Crippen molar-refractivity contribution >= 4 is 106 Å². The second kappa shape index (κ2) is 51.4. The molecule has 0 aromatic carbocycles. The molecule has 39 heteroatoms. The lowest BCUT2D eigenvalue weighted by atomic mass is 9.96. The number of carboxylic acid groups (broad SMARTS) is 1. The highest BCUT2D eigenvalue weighted by atomic mass is 32.2. The zero-order chi connectivity index (χ0) is 80.3. The zero-order valence-electron chi connectivity index (χ0n) is 63.5. The number of carbonyl (C=O) groups excluding carboxylic acids is 12. The van der Waals surface area contributed by atoms with Gasteiger partial charge in [-0.1, -0.05) is 54.4 Å². The summed E-state index contributed by atoms with van der Waals surface area (Å²) in [4.78, 5) is 196. The molecule has 608 valence electrons. The van der Waals surface area contributed by atoms with Crippen molar-refractivity contribution in [2.75, 3.05) is 57.8 Å². The molecule has 2 fully saturated rings. The number of rotatable bonds is 54. The first-order valence-corrected chi connectivity index (χ1v) is 38.8. The molecule has 0 aliphatic carbocycles. The number of carbonyl (C=O) groups is 13. The van der Waals surface area contributed by atoms with Crippen LogP contribution in [0.15, 0.2) is 15.0 Å². The molecule has 0 unspecified atom stereocenters. The molecule has 2 heterocycles. The van der Waals surface area contributed by atoms with Crippen LogP contribution in [0.2, 0.25) is 0 Å². The van der Waals surface area contributed by atoms with E-state index in [-0.39, 0.29) is 147 Å². The Balaban J connectivity index is 2.56. The topological polar surface area (TPSA) is 649 Å². The standard InChI is InChI=1S/C68H126N24O14S/c1-8-39(5)52(62(102)86-46(28-36-107-7)57(97)89-49(37-38(3)4)60(100)88-48(65(105)106)26-27-51(71)93)90-58(98)42(19-10-12-29-69)83-56(96)44(23-16-33-80-67(74)75)85-61(101)50-25-18-35-92(50)64(104)47(20-11-13-30-70)87-63(103)53(40(6)9-2)91-59(99)45(24-17-34-81-68(76)77)84-55(95)43(22-15-32-79-66(72)73)82-54(94)41-21-14-31-78-41/h38-50,52-53,78H,8-37,69-70H2,1-7H3,(H2,71,93)(H,82,94)(H,83,96)(H,84,95)(H,85,101)(H,86,102)(H,87,103)(H,88,100)(H,89,97)(H,90,98)(H,91,99)(H,105,106)(H4,72,73,79)(H4,74,75,80)(H4,76,77,81)/t39-,40-,41-,42-,43-,44-,45-,46-,47-,48-,49-,50-,52-,53-/m0/s1. The third-order valence-electron chi connectivity index (χ3n) is 18.6. The van der Waals surface area contributed by atoms with Gasteiger partial charge in [0.25, 0.3) is 0 Å². The van der Waals surface area contributed by atoms with E-state index in [4.69, 9.17) is 51.6 Å². The van der Waals surface area contributed by atoms with E-state index in [0.29, 0.717) is 63.7 Å². The molecule has 0 aromatic heterocycles. The summed E-state index contributed by atoms with van der Waals surface area (Å²) in [5.74, 6) is -11.8. The molecular formula is C68H126N24O14S. The first-order valence-electron chi connectivity index (χ1n) is 37.4. The maximum atomic E-state index is 15.0. The van der Waals surface area contributed by atoms with Crippen molar-refractivity contribution in [3.63, 3.8) is 0 Å². The van der Waals surface area contributed by atoms with E-state index in [1.807, 2.05) is 0 Å². The van der Waals surface area contributed by atoms with Crippen LogP contribution < -0.4 is 110 Å². The van der Waals surface area contributed by atoms with Gasteiger partial charge in [0, 0.05) is 32.6 Å². The molecule has 2 saturated heterocycles. The van der Waals surface area contributed by atoms with E-state index in [0.717, 1.165) is 6.42 Å². The van der Waals surface area contributed by atoms with Crippen LogP contribution in [0.5, 0.6) is 0 Å². The van der Waals surface area contributed by atoms with Crippen molar-refractivity contribution in [1.29, 1.82) is 0 Å². The third kappa shape index (κ3) is 36.1. The zero-order valence-corrected chi connectivity index (χ0v) is 64.3. The van der Waals surface area contributed by atoms with E-state index in [1.54, 1.807) is 47.8 Å². The minimum Gasteiger partial charge on any atom is -0.480 e. The number of hydrogen-bond donors (Lipinski definition) is 21. The fraction of sp³-hybridized carbons (Fsp3) is 0.765. The number of nitrogens with zero attached hydrogens (tertiary/aromatic N) is 4. The van der Waals surface area contributed by atoms with Crippen molar-refractivity contribution in [2.24, 2.45) is 84.3 Å². The van der Waals surface area contributed by atoms with E-state index in [9.17, 15) is 62.6 Å². The van der Waals surface area contributed by atoms with Gasteiger partial charge in [0.15, 0.2) is 17.9 Å². The quantitative estimate of drug-likeness (QED) is 0.0154. The monoisotopic (exact) mass is 1530 g/mol. The van der Waals surface area contributed by atoms with Crippen molar-refractivity contribution in [3.8, 4) is 0 Å². The number of aliphatic imine (C=N–C) groups is 3. The second-order valence-electron chi connectivity index (χ2n) is 27.7. The van der Waals surface area contributed by atoms with Crippen LogP contribution in [0.25, 0.3) is 0 Å². The van der Waals surface area contributed by atoms with E-state index >= 15 is 4.79 Å². The average molecular weight is 1540 g/mol. The highest BCUT2D eigenvalue weighted by molar-refractivity contribution is 7.98. The molecule has 0 radical (unpaired) electrons. The van der Waals surface area contributed by atoms with Crippen LogP contribution in [0.1, 0.15) is 183 Å². The number of unbranched alkanes of at least 4 members (excludes halogenated alkanes) is 2. The fourth-order valence-corrected chi connectivity index (χ4v) is 12.5. The van der Waals surface area contributed by atoms with Gasteiger partial charge in [-0.15, -0.1) is 0 Å². The first kappa shape index (κ1) is 94.2. The lowest BCUT2D eigenvalue weighted by Crippen LogP contribution is -2.61. The summed E-state index contributed by atoms with van der Waals surface area (Å²) in [6, 6.07) is -14.8. The summed E-state index contributed by atoms with van der Waals surface area (Å²) in [6.45, 7) is 11.9. The molecule has 0 spiro atoms. The van der Waals surface area contributed by atoms with Gasteiger partial charge in [0.05, 0.1) is 6.04 Å². The molecule has 2 rings (SSSR count). The Morgan fingerprint density at radius 2 is 0.860 bits per heavy atom. The van der Waals surface area contributed by atoms with Crippen molar-refractivity contribution < 1.29 is 67.4 Å². The van der Waals surface area contributed by atoms with E-state index in [1.165, 1.54) is 16.7 Å². The van der Waals surface area contributed by atoms with Gasteiger partial charge >= 0.3 is 5.97 Å². The molecule has 12 amide bonds. The number of guanidine groups is 3. The van der Waals surface area contributed by atoms with Crippen molar-refractivity contribution in [2.45, 2.75) is 255 Å². The number of primary amides is 1. The Morgan fingerprint density at radius 1 is 0.467 bits per heavy atom. The number of thioether (sulfide) groups is 1. The molecule has 2 aliphatic heterocycles. The van der Waals surface area contributed by atoms with Crippen LogP contribution in [0.3, 0.4) is 0 Å². The van der Waals surface area contributed by atoms with Gasteiger partial charge in [0.2, 0.25) is 70.9 Å². The molecule has 30 N–H and O–H groups in total. The first-order chi connectivity index (χ1) is 50.7. The predicted molar refractivity (Wildman–Crippen MR) is 408 cm³/mol.